The molecule has 6 heteroatoms. The molecule has 0 aliphatic heterocycles. The molecular weight excluding hydrogens is 294 g/mol. The van der Waals surface area contributed by atoms with Gasteiger partial charge in [-0.15, -0.1) is 0 Å². The molecule has 2 rings (SSSR count). The van der Waals surface area contributed by atoms with Gasteiger partial charge in [0.1, 0.15) is 11.8 Å². The molecule has 23 heavy (non-hydrogen) atoms. The summed E-state index contributed by atoms with van der Waals surface area (Å²) in [5.74, 6) is 0.561. The summed E-state index contributed by atoms with van der Waals surface area (Å²) in [5.41, 5.74) is 1.48. The second-order valence-corrected chi connectivity index (χ2v) is 5.33. The highest BCUT2D eigenvalue weighted by molar-refractivity contribution is 5.79. The number of methoxy groups -OCH3 is 1. The van der Waals surface area contributed by atoms with Crippen LogP contribution in [0.3, 0.4) is 0 Å². The topological polar surface area (TPSA) is 73.2 Å². The van der Waals surface area contributed by atoms with E-state index in [1.54, 1.807) is 27.0 Å². The maximum atomic E-state index is 12.2. The zero-order valence-electron chi connectivity index (χ0n) is 13.6. The molecule has 1 amide bonds. The number of hydrogen-bond acceptors (Lipinski definition) is 4. The minimum atomic E-state index is -0.646. The molecule has 0 fully saturated rings. The summed E-state index contributed by atoms with van der Waals surface area (Å²) in [6, 6.07) is 10.1. The van der Waals surface area contributed by atoms with Crippen LogP contribution in [-0.4, -0.2) is 29.3 Å². The highest BCUT2D eigenvalue weighted by Gasteiger charge is 2.16. The highest BCUT2D eigenvalue weighted by atomic mass is 16.5. The van der Waals surface area contributed by atoms with Crippen LogP contribution in [0.15, 0.2) is 41.2 Å². The minimum Gasteiger partial charge on any atom is -0.497 e. The second-order valence-electron chi connectivity index (χ2n) is 5.33. The highest BCUT2D eigenvalue weighted by Crippen LogP contribution is 2.12. The molecule has 1 aromatic carbocycles. The Labute approximate surface area is 135 Å². The molecule has 2 aromatic rings. The molecule has 0 spiro atoms. The second kappa shape index (κ2) is 7.58. The number of aryl methyl sites for hydroxylation is 1. The Bertz CT molecular complexity index is 740. The van der Waals surface area contributed by atoms with Crippen molar-refractivity contribution in [3.05, 3.63) is 58.0 Å². The lowest BCUT2D eigenvalue weighted by atomic mass is 10.1. The molecule has 1 atom stereocenters. The van der Waals surface area contributed by atoms with Crippen molar-refractivity contribution in [3.63, 3.8) is 0 Å². The predicted octanol–water partition coefficient (Wildman–Crippen LogP) is 1.48. The van der Waals surface area contributed by atoms with Gasteiger partial charge in [0.2, 0.25) is 5.91 Å². The summed E-state index contributed by atoms with van der Waals surface area (Å²) in [6.07, 6.45) is 0.686. The Kier molecular flexibility index (Phi) is 5.51. The monoisotopic (exact) mass is 315 g/mol. The van der Waals surface area contributed by atoms with Gasteiger partial charge in [0.25, 0.3) is 5.56 Å². The summed E-state index contributed by atoms with van der Waals surface area (Å²) in [7, 11) is 1.62. The third kappa shape index (κ3) is 4.42. The van der Waals surface area contributed by atoms with Gasteiger partial charge >= 0.3 is 0 Å². The van der Waals surface area contributed by atoms with Crippen LogP contribution in [0.4, 0.5) is 0 Å². The largest absolute Gasteiger partial charge is 0.497 e. The molecule has 1 heterocycles. The Balaban J connectivity index is 1.93. The van der Waals surface area contributed by atoms with Crippen LogP contribution in [0.1, 0.15) is 24.2 Å². The summed E-state index contributed by atoms with van der Waals surface area (Å²) < 4.78 is 6.37. The summed E-state index contributed by atoms with van der Waals surface area (Å²) >= 11 is 0. The van der Waals surface area contributed by atoms with Crippen molar-refractivity contribution in [2.75, 3.05) is 13.7 Å². The quantitative estimate of drug-likeness (QED) is 0.876. The molecule has 1 aromatic heterocycles. The van der Waals surface area contributed by atoms with Crippen LogP contribution < -0.4 is 15.6 Å². The van der Waals surface area contributed by atoms with Crippen molar-refractivity contribution >= 4 is 5.91 Å². The van der Waals surface area contributed by atoms with Gasteiger partial charge in [-0.25, -0.2) is 4.68 Å². The smallest absolute Gasteiger partial charge is 0.267 e. The van der Waals surface area contributed by atoms with E-state index < -0.39 is 6.04 Å². The van der Waals surface area contributed by atoms with Crippen molar-refractivity contribution in [2.45, 2.75) is 26.3 Å². The van der Waals surface area contributed by atoms with Crippen LogP contribution in [0.25, 0.3) is 0 Å². The fraction of sp³-hybridized carbons (Fsp3) is 0.353. The standard InChI is InChI=1S/C17H21N3O3/c1-12-7-8-16(21)20(19-12)13(2)17(22)18-10-9-14-5-4-6-15(11-14)23-3/h4-8,11,13H,9-10H2,1-3H3,(H,18,22)/t13-/m1/s1. The van der Waals surface area contributed by atoms with Gasteiger partial charge in [-0.05, 0) is 44.0 Å². The summed E-state index contributed by atoms with van der Waals surface area (Å²) in [5, 5.41) is 6.94. The van der Waals surface area contributed by atoms with E-state index in [2.05, 4.69) is 10.4 Å². The van der Waals surface area contributed by atoms with Crippen molar-refractivity contribution < 1.29 is 9.53 Å². The minimum absolute atomic E-state index is 0.229. The number of hydrogen-bond donors (Lipinski definition) is 1. The van der Waals surface area contributed by atoms with E-state index in [1.165, 1.54) is 10.7 Å². The van der Waals surface area contributed by atoms with E-state index in [1.807, 2.05) is 24.3 Å². The number of amides is 1. The third-order valence-electron chi connectivity index (χ3n) is 3.55. The lowest BCUT2D eigenvalue weighted by Crippen LogP contribution is -2.37. The molecular formula is C17H21N3O3. The first-order valence-corrected chi connectivity index (χ1v) is 7.48. The molecule has 0 saturated carbocycles. The van der Waals surface area contributed by atoms with E-state index in [-0.39, 0.29) is 11.5 Å². The van der Waals surface area contributed by atoms with Crippen molar-refractivity contribution in [1.82, 2.24) is 15.1 Å². The Morgan fingerprint density at radius 3 is 2.87 bits per heavy atom. The number of rotatable bonds is 6. The molecule has 0 aliphatic carbocycles. The third-order valence-corrected chi connectivity index (χ3v) is 3.55. The van der Waals surface area contributed by atoms with Gasteiger partial charge in [0.15, 0.2) is 0 Å². The number of benzene rings is 1. The number of carbonyl (C=O) groups is 1. The van der Waals surface area contributed by atoms with E-state index in [0.29, 0.717) is 18.7 Å². The zero-order valence-corrected chi connectivity index (χ0v) is 13.6. The average molecular weight is 315 g/mol. The van der Waals surface area contributed by atoms with Gasteiger partial charge in [0, 0.05) is 12.6 Å². The maximum absolute atomic E-state index is 12.2. The van der Waals surface area contributed by atoms with Crippen LogP contribution in [0.2, 0.25) is 0 Å². The van der Waals surface area contributed by atoms with E-state index in [4.69, 9.17) is 4.74 Å². The number of nitrogens with zero attached hydrogens (tertiary/aromatic N) is 2. The molecule has 1 N–H and O–H groups in total. The fourth-order valence-corrected chi connectivity index (χ4v) is 2.22. The summed E-state index contributed by atoms with van der Waals surface area (Å²) in [6.45, 7) is 3.93. The number of aromatic nitrogens is 2. The van der Waals surface area contributed by atoms with Crippen molar-refractivity contribution in [3.8, 4) is 5.75 Å². The SMILES string of the molecule is COc1cccc(CCNC(=O)[C@@H](C)n2nc(C)ccc2=O)c1. The van der Waals surface area contributed by atoms with Gasteiger partial charge < -0.3 is 10.1 Å². The van der Waals surface area contributed by atoms with Crippen LogP contribution in [-0.2, 0) is 11.2 Å². The normalized spacial score (nSPS) is 11.8. The van der Waals surface area contributed by atoms with Crippen molar-refractivity contribution in [1.29, 1.82) is 0 Å². The average Bonchev–Trinajstić information content (AvgIpc) is 2.56. The molecule has 6 nitrogen and oxygen atoms in total. The molecule has 122 valence electrons. The van der Waals surface area contributed by atoms with Gasteiger partial charge in [-0.1, -0.05) is 12.1 Å². The molecule has 0 aliphatic rings. The molecule has 0 saturated heterocycles. The Morgan fingerprint density at radius 2 is 2.13 bits per heavy atom. The van der Waals surface area contributed by atoms with Crippen LogP contribution >= 0.6 is 0 Å². The fourth-order valence-electron chi connectivity index (χ4n) is 2.22. The molecule has 0 radical (unpaired) electrons. The molecule has 0 unspecified atom stereocenters. The predicted molar refractivity (Wildman–Crippen MR) is 87.7 cm³/mol. The van der Waals surface area contributed by atoms with Crippen LogP contribution in [0, 0.1) is 6.92 Å². The number of ether oxygens (including phenoxy) is 1. The maximum Gasteiger partial charge on any atom is 0.267 e. The lowest BCUT2D eigenvalue weighted by Gasteiger charge is -2.14. The number of nitrogens with one attached hydrogen (secondary N) is 1. The van der Waals surface area contributed by atoms with E-state index >= 15 is 0 Å². The zero-order chi connectivity index (χ0) is 16.8. The van der Waals surface area contributed by atoms with E-state index in [0.717, 1.165) is 11.3 Å². The Hall–Kier alpha value is -2.63. The first kappa shape index (κ1) is 16.7. The Morgan fingerprint density at radius 1 is 1.35 bits per heavy atom. The van der Waals surface area contributed by atoms with E-state index in [9.17, 15) is 9.59 Å². The van der Waals surface area contributed by atoms with Crippen LogP contribution in [0.5, 0.6) is 5.75 Å². The molecule has 0 bridgehead atoms. The van der Waals surface area contributed by atoms with Gasteiger partial charge in [-0.3, -0.25) is 9.59 Å². The number of carbonyl (C=O) groups excluding carboxylic acids is 1. The van der Waals surface area contributed by atoms with Gasteiger partial charge in [0.05, 0.1) is 12.8 Å². The first-order chi connectivity index (χ1) is 11.0. The lowest BCUT2D eigenvalue weighted by molar-refractivity contribution is -0.124. The summed E-state index contributed by atoms with van der Waals surface area (Å²) in [4.78, 5) is 24.0. The first-order valence-electron chi connectivity index (χ1n) is 7.48. The van der Waals surface area contributed by atoms with Gasteiger partial charge in [-0.2, -0.15) is 5.10 Å². The van der Waals surface area contributed by atoms with Crippen molar-refractivity contribution in [2.24, 2.45) is 0 Å².